The van der Waals surface area contributed by atoms with Crippen LogP contribution in [0.15, 0.2) is 48.5 Å². The molecule has 3 rings (SSSR count). The van der Waals surface area contributed by atoms with Crippen molar-refractivity contribution < 1.29 is 9.47 Å². The van der Waals surface area contributed by atoms with Crippen LogP contribution in [-0.4, -0.2) is 26.9 Å². The number of anilines is 1. The van der Waals surface area contributed by atoms with Gasteiger partial charge in [0.05, 0.1) is 13.2 Å². The Morgan fingerprint density at radius 3 is 2.64 bits per heavy atom. The maximum Gasteiger partial charge on any atom is 0.260 e. The minimum Gasteiger partial charge on any atom is -0.490 e. The maximum atomic E-state index is 6.05. The SMILES string of the molecule is CCOc1cccc(CNn2nnnc2N)c1OCc1ccccc1. The Morgan fingerprint density at radius 2 is 1.92 bits per heavy atom. The van der Waals surface area contributed by atoms with E-state index in [0.717, 1.165) is 11.1 Å². The van der Waals surface area contributed by atoms with E-state index in [-0.39, 0.29) is 5.95 Å². The fourth-order valence-corrected chi connectivity index (χ4v) is 2.33. The highest BCUT2D eigenvalue weighted by atomic mass is 16.5. The van der Waals surface area contributed by atoms with Gasteiger partial charge in [0.2, 0.25) is 0 Å². The van der Waals surface area contributed by atoms with Gasteiger partial charge >= 0.3 is 0 Å². The molecule has 2 aromatic carbocycles. The summed E-state index contributed by atoms with van der Waals surface area (Å²) >= 11 is 0. The number of nitrogens with one attached hydrogen (secondary N) is 1. The van der Waals surface area contributed by atoms with Crippen molar-refractivity contribution in [2.24, 2.45) is 0 Å². The van der Waals surface area contributed by atoms with E-state index >= 15 is 0 Å². The lowest BCUT2D eigenvalue weighted by atomic mass is 10.2. The molecule has 8 heteroatoms. The smallest absolute Gasteiger partial charge is 0.260 e. The van der Waals surface area contributed by atoms with E-state index in [2.05, 4.69) is 21.0 Å². The maximum absolute atomic E-state index is 6.05. The number of para-hydroxylation sites is 1. The number of tetrazole rings is 1. The van der Waals surface area contributed by atoms with Crippen LogP contribution in [0.2, 0.25) is 0 Å². The van der Waals surface area contributed by atoms with Gasteiger partial charge in [0, 0.05) is 5.56 Å². The molecule has 0 saturated heterocycles. The largest absolute Gasteiger partial charge is 0.490 e. The van der Waals surface area contributed by atoms with E-state index < -0.39 is 0 Å². The number of benzene rings is 2. The average molecular weight is 340 g/mol. The second kappa shape index (κ2) is 8.00. The summed E-state index contributed by atoms with van der Waals surface area (Å²) in [5, 5.41) is 10.9. The van der Waals surface area contributed by atoms with Crippen LogP contribution in [0.3, 0.4) is 0 Å². The second-order valence-electron chi connectivity index (χ2n) is 5.24. The first kappa shape index (κ1) is 16.6. The van der Waals surface area contributed by atoms with Gasteiger partial charge in [-0.15, -0.1) is 4.79 Å². The molecule has 0 radical (unpaired) electrons. The molecule has 0 unspecified atom stereocenters. The van der Waals surface area contributed by atoms with Gasteiger partial charge in [0.25, 0.3) is 5.95 Å². The standard InChI is InChI=1S/C17H20N6O2/c1-2-24-15-10-6-9-14(11-19-23-17(18)20-21-22-23)16(15)25-12-13-7-4-3-5-8-13/h3-10,19H,2,11-12H2,1H3,(H2,18,20,22). The zero-order chi connectivity index (χ0) is 17.5. The Bertz CT molecular complexity index is 806. The molecular weight excluding hydrogens is 320 g/mol. The molecule has 0 spiro atoms. The molecule has 0 aliphatic heterocycles. The molecule has 0 saturated carbocycles. The number of nitrogen functional groups attached to an aromatic ring is 1. The predicted octanol–water partition coefficient (Wildman–Crippen LogP) is 1.98. The highest BCUT2D eigenvalue weighted by Gasteiger charge is 2.12. The first-order valence-electron chi connectivity index (χ1n) is 7.97. The van der Waals surface area contributed by atoms with Crippen molar-refractivity contribution in [1.82, 2.24) is 20.3 Å². The lowest BCUT2D eigenvalue weighted by Gasteiger charge is -2.16. The van der Waals surface area contributed by atoms with Crippen molar-refractivity contribution >= 4 is 5.95 Å². The van der Waals surface area contributed by atoms with Crippen molar-refractivity contribution in [3.05, 3.63) is 59.7 Å². The molecule has 8 nitrogen and oxygen atoms in total. The van der Waals surface area contributed by atoms with Crippen LogP contribution in [0.25, 0.3) is 0 Å². The van der Waals surface area contributed by atoms with Gasteiger partial charge in [-0.3, -0.25) is 0 Å². The average Bonchev–Trinajstić information content (AvgIpc) is 3.05. The van der Waals surface area contributed by atoms with E-state index in [1.165, 1.54) is 4.79 Å². The number of hydrogen-bond donors (Lipinski definition) is 2. The molecule has 3 N–H and O–H groups in total. The van der Waals surface area contributed by atoms with Crippen molar-refractivity contribution in [3.63, 3.8) is 0 Å². The van der Waals surface area contributed by atoms with Crippen LogP contribution < -0.4 is 20.6 Å². The number of aromatic nitrogens is 4. The first-order valence-corrected chi connectivity index (χ1v) is 7.97. The van der Waals surface area contributed by atoms with Crippen molar-refractivity contribution in [2.45, 2.75) is 20.1 Å². The fraction of sp³-hybridized carbons (Fsp3) is 0.235. The van der Waals surface area contributed by atoms with Crippen molar-refractivity contribution in [2.75, 3.05) is 17.8 Å². The monoisotopic (exact) mass is 340 g/mol. The molecule has 1 aromatic heterocycles. The summed E-state index contributed by atoms with van der Waals surface area (Å²) in [5.74, 6) is 1.57. The van der Waals surface area contributed by atoms with Gasteiger partial charge in [-0.2, -0.15) is 0 Å². The van der Waals surface area contributed by atoms with Crippen LogP contribution in [-0.2, 0) is 13.2 Å². The summed E-state index contributed by atoms with van der Waals surface area (Å²) < 4.78 is 11.8. The Kier molecular flexibility index (Phi) is 5.30. The van der Waals surface area contributed by atoms with Gasteiger partial charge in [-0.25, -0.2) is 0 Å². The summed E-state index contributed by atoms with van der Waals surface area (Å²) in [5.41, 5.74) is 10.7. The second-order valence-corrected chi connectivity index (χ2v) is 5.24. The van der Waals surface area contributed by atoms with Gasteiger partial charge < -0.3 is 20.6 Å². The fourth-order valence-electron chi connectivity index (χ4n) is 2.33. The van der Waals surface area contributed by atoms with Crippen LogP contribution >= 0.6 is 0 Å². The summed E-state index contributed by atoms with van der Waals surface area (Å²) in [6.45, 7) is 3.37. The minimum atomic E-state index is 0.188. The number of nitrogens with zero attached hydrogens (tertiary/aromatic N) is 4. The van der Waals surface area contributed by atoms with E-state index in [9.17, 15) is 0 Å². The number of ether oxygens (including phenoxy) is 2. The van der Waals surface area contributed by atoms with Crippen LogP contribution in [0.1, 0.15) is 18.1 Å². The lowest BCUT2D eigenvalue weighted by Crippen LogP contribution is -2.19. The molecule has 1 heterocycles. The predicted molar refractivity (Wildman–Crippen MR) is 93.7 cm³/mol. The molecule has 0 amide bonds. The van der Waals surface area contributed by atoms with Gasteiger partial charge in [-0.1, -0.05) is 47.6 Å². The van der Waals surface area contributed by atoms with Crippen LogP contribution in [0.5, 0.6) is 11.5 Å². The summed E-state index contributed by atoms with van der Waals surface area (Å²) in [7, 11) is 0. The van der Waals surface area contributed by atoms with E-state index in [1.807, 2.05) is 55.5 Å². The third-order valence-electron chi connectivity index (χ3n) is 3.50. The van der Waals surface area contributed by atoms with Crippen molar-refractivity contribution in [3.8, 4) is 11.5 Å². The van der Waals surface area contributed by atoms with Crippen molar-refractivity contribution in [1.29, 1.82) is 0 Å². The molecule has 0 atom stereocenters. The normalized spacial score (nSPS) is 10.4. The van der Waals surface area contributed by atoms with E-state index in [1.54, 1.807) is 0 Å². The molecule has 0 aliphatic carbocycles. The Balaban J connectivity index is 1.78. The van der Waals surface area contributed by atoms with Crippen LogP contribution in [0, 0.1) is 0 Å². The Hall–Kier alpha value is -3.29. The summed E-state index contributed by atoms with van der Waals surface area (Å²) in [6, 6.07) is 15.7. The number of hydrogen-bond acceptors (Lipinski definition) is 7. The third-order valence-corrected chi connectivity index (χ3v) is 3.50. The highest BCUT2D eigenvalue weighted by Crippen LogP contribution is 2.32. The molecule has 130 valence electrons. The zero-order valence-electron chi connectivity index (χ0n) is 13.9. The zero-order valence-corrected chi connectivity index (χ0v) is 13.9. The summed E-state index contributed by atoms with van der Waals surface area (Å²) in [6.07, 6.45) is 0. The molecular formula is C17H20N6O2. The molecule has 0 bridgehead atoms. The van der Waals surface area contributed by atoms with Crippen LogP contribution in [0.4, 0.5) is 5.95 Å². The van der Waals surface area contributed by atoms with E-state index in [0.29, 0.717) is 31.3 Å². The van der Waals surface area contributed by atoms with Gasteiger partial charge in [0.15, 0.2) is 11.5 Å². The molecule has 3 aromatic rings. The summed E-state index contributed by atoms with van der Waals surface area (Å²) in [4.78, 5) is 1.31. The highest BCUT2D eigenvalue weighted by molar-refractivity contribution is 5.47. The quantitative estimate of drug-likeness (QED) is 0.646. The van der Waals surface area contributed by atoms with Gasteiger partial charge in [0.1, 0.15) is 6.61 Å². The molecule has 0 aliphatic rings. The molecule has 0 fully saturated rings. The van der Waals surface area contributed by atoms with Gasteiger partial charge in [-0.05, 0) is 29.0 Å². The number of rotatable bonds is 8. The lowest BCUT2D eigenvalue weighted by molar-refractivity contribution is 0.266. The third kappa shape index (κ3) is 4.17. The first-order chi connectivity index (χ1) is 12.3. The van der Waals surface area contributed by atoms with E-state index in [4.69, 9.17) is 15.2 Å². The number of nitrogens with two attached hydrogens (primary N) is 1. The Labute approximate surface area is 145 Å². The minimum absolute atomic E-state index is 0.188. The molecule has 25 heavy (non-hydrogen) atoms. The topological polar surface area (TPSA) is 100 Å². The Morgan fingerprint density at radius 1 is 1.08 bits per heavy atom.